The Hall–Kier alpha value is -2.90. The van der Waals surface area contributed by atoms with Crippen molar-refractivity contribution in [1.29, 1.82) is 0 Å². The van der Waals surface area contributed by atoms with Gasteiger partial charge in [0.1, 0.15) is 6.10 Å². The molecule has 0 saturated heterocycles. The summed E-state index contributed by atoms with van der Waals surface area (Å²) >= 11 is 0. The SMILES string of the molecule is COCC(C)OC(=O)OOOC(=O)c1ccccc1-c1ccccc1. The van der Waals surface area contributed by atoms with Crippen molar-refractivity contribution in [3.05, 3.63) is 60.2 Å². The van der Waals surface area contributed by atoms with Crippen LogP contribution in [-0.4, -0.2) is 31.9 Å². The molecular weight excluding hydrogens is 328 g/mol. The minimum Gasteiger partial charge on any atom is -0.427 e. The van der Waals surface area contributed by atoms with Gasteiger partial charge in [0.25, 0.3) is 0 Å². The number of ether oxygens (including phenoxy) is 2. The molecule has 0 amide bonds. The summed E-state index contributed by atoms with van der Waals surface area (Å²) in [5.74, 6) is -0.808. The molecule has 0 aliphatic rings. The highest BCUT2D eigenvalue weighted by Crippen LogP contribution is 2.24. The van der Waals surface area contributed by atoms with Crippen molar-refractivity contribution in [3.8, 4) is 11.1 Å². The Balaban J connectivity index is 1.93. The van der Waals surface area contributed by atoms with Crippen LogP contribution in [0, 0.1) is 0 Å². The van der Waals surface area contributed by atoms with Gasteiger partial charge in [0.05, 0.1) is 17.2 Å². The lowest BCUT2D eigenvalue weighted by Gasteiger charge is -2.10. The topological polar surface area (TPSA) is 80.3 Å². The van der Waals surface area contributed by atoms with Crippen LogP contribution < -0.4 is 0 Å². The van der Waals surface area contributed by atoms with E-state index >= 15 is 0 Å². The molecule has 1 atom stereocenters. The molecule has 0 radical (unpaired) electrons. The van der Waals surface area contributed by atoms with Crippen molar-refractivity contribution in [2.75, 3.05) is 13.7 Å². The Morgan fingerprint density at radius 2 is 1.64 bits per heavy atom. The first-order chi connectivity index (χ1) is 12.1. The minimum absolute atomic E-state index is 0.194. The third-order valence-electron chi connectivity index (χ3n) is 3.14. The normalized spacial score (nSPS) is 11.4. The molecule has 2 aromatic carbocycles. The number of benzene rings is 2. The molecule has 0 saturated carbocycles. The van der Waals surface area contributed by atoms with Crippen LogP contribution >= 0.6 is 0 Å². The molecule has 25 heavy (non-hydrogen) atoms. The quantitative estimate of drug-likeness (QED) is 0.431. The van der Waals surface area contributed by atoms with E-state index in [-0.39, 0.29) is 12.2 Å². The van der Waals surface area contributed by atoms with Gasteiger partial charge in [-0.3, -0.25) is 4.89 Å². The van der Waals surface area contributed by atoms with E-state index in [1.165, 1.54) is 7.11 Å². The molecule has 0 N–H and O–H groups in total. The third-order valence-corrected chi connectivity index (χ3v) is 3.14. The van der Waals surface area contributed by atoms with E-state index < -0.39 is 18.2 Å². The molecular formula is C18H18O7. The summed E-state index contributed by atoms with van der Waals surface area (Å²) in [5, 5.41) is 4.22. The first-order valence-electron chi connectivity index (χ1n) is 7.51. The van der Waals surface area contributed by atoms with Crippen LogP contribution in [0.5, 0.6) is 0 Å². The molecule has 7 heteroatoms. The van der Waals surface area contributed by atoms with Crippen molar-refractivity contribution >= 4 is 12.1 Å². The first kappa shape index (κ1) is 18.4. The maximum atomic E-state index is 12.1. The zero-order valence-electron chi connectivity index (χ0n) is 13.8. The number of methoxy groups -OCH3 is 1. The van der Waals surface area contributed by atoms with Crippen molar-refractivity contribution in [2.24, 2.45) is 0 Å². The number of carbonyl (C=O) groups is 2. The molecule has 0 aliphatic heterocycles. The average Bonchev–Trinajstić information content (AvgIpc) is 2.62. The second-order valence-corrected chi connectivity index (χ2v) is 5.07. The maximum absolute atomic E-state index is 12.1. The predicted molar refractivity (Wildman–Crippen MR) is 87.3 cm³/mol. The summed E-state index contributed by atoms with van der Waals surface area (Å²) in [6, 6.07) is 16.1. The molecule has 0 heterocycles. The van der Waals surface area contributed by atoms with Gasteiger partial charge in [-0.2, -0.15) is 0 Å². The Morgan fingerprint density at radius 3 is 2.36 bits per heavy atom. The molecule has 0 fully saturated rings. The summed E-state index contributed by atoms with van der Waals surface area (Å²) in [5.41, 5.74) is 1.76. The summed E-state index contributed by atoms with van der Waals surface area (Å²) in [4.78, 5) is 32.2. The lowest BCUT2D eigenvalue weighted by molar-refractivity contribution is -0.453. The van der Waals surface area contributed by atoms with Gasteiger partial charge in [-0.05, 0) is 24.1 Å². The Bertz CT molecular complexity index is 700. The van der Waals surface area contributed by atoms with Crippen LogP contribution in [-0.2, 0) is 24.3 Å². The zero-order chi connectivity index (χ0) is 18.1. The molecule has 0 aromatic heterocycles. The van der Waals surface area contributed by atoms with Crippen molar-refractivity contribution in [2.45, 2.75) is 13.0 Å². The number of hydrogen-bond acceptors (Lipinski definition) is 7. The summed E-state index contributed by atoms with van der Waals surface area (Å²) in [6.45, 7) is 1.80. The largest absolute Gasteiger partial charge is 0.543 e. The first-order valence-corrected chi connectivity index (χ1v) is 7.51. The average molecular weight is 346 g/mol. The lowest BCUT2D eigenvalue weighted by Crippen LogP contribution is -2.21. The van der Waals surface area contributed by atoms with Crippen LogP contribution in [0.25, 0.3) is 11.1 Å². The highest BCUT2D eigenvalue weighted by molar-refractivity contribution is 5.96. The number of hydrogen-bond donors (Lipinski definition) is 0. The Labute approximate surface area is 144 Å². The molecule has 0 spiro atoms. The van der Waals surface area contributed by atoms with E-state index in [1.54, 1.807) is 31.2 Å². The maximum Gasteiger partial charge on any atom is 0.543 e. The van der Waals surface area contributed by atoms with Crippen LogP contribution in [0.4, 0.5) is 4.79 Å². The summed E-state index contributed by atoms with van der Waals surface area (Å²) in [6.07, 6.45) is -1.68. The van der Waals surface area contributed by atoms with Gasteiger partial charge in [0, 0.05) is 7.11 Å². The second-order valence-electron chi connectivity index (χ2n) is 5.07. The monoisotopic (exact) mass is 346 g/mol. The molecule has 0 aliphatic carbocycles. The highest BCUT2D eigenvalue weighted by Gasteiger charge is 2.17. The standard InChI is InChI=1S/C18H18O7/c1-13(12-21-2)22-18(20)24-25-23-17(19)16-11-7-6-10-15(16)14-8-4-3-5-9-14/h3-11,13H,12H2,1-2H3. The van der Waals surface area contributed by atoms with Crippen LogP contribution in [0.3, 0.4) is 0 Å². The van der Waals surface area contributed by atoms with Gasteiger partial charge in [0.2, 0.25) is 0 Å². The number of rotatable bonds is 7. The fourth-order valence-electron chi connectivity index (χ4n) is 2.10. The summed E-state index contributed by atoms with van der Waals surface area (Å²) < 4.78 is 9.57. The fourth-order valence-corrected chi connectivity index (χ4v) is 2.10. The Kier molecular flexibility index (Phi) is 6.94. The van der Waals surface area contributed by atoms with E-state index in [2.05, 4.69) is 14.8 Å². The molecule has 0 bridgehead atoms. The molecule has 7 nitrogen and oxygen atoms in total. The summed E-state index contributed by atoms with van der Waals surface area (Å²) in [7, 11) is 1.47. The van der Waals surface area contributed by atoms with E-state index in [1.807, 2.05) is 30.3 Å². The van der Waals surface area contributed by atoms with E-state index in [9.17, 15) is 9.59 Å². The van der Waals surface area contributed by atoms with Gasteiger partial charge < -0.3 is 9.47 Å². The van der Waals surface area contributed by atoms with Crippen LogP contribution in [0.2, 0.25) is 0 Å². The lowest BCUT2D eigenvalue weighted by atomic mass is 10.00. The van der Waals surface area contributed by atoms with E-state index in [0.29, 0.717) is 5.56 Å². The molecule has 1 unspecified atom stereocenters. The van der Waals surface area contributed by atoms with Gasteiger partial charge in [-0.25, -0.2) is 14.5 Å². The van der Waals surface area contributed by atoms with Gasteiger partial charge in [-0.1, -0.05) is 48.5 Å². The van der Waals surface area contributed by atoms with Gasteiger partial charge in [-0.15, -0.1) is 0 Å². The van der Waals surface area contributed by atoms with Crippen molar-refractivity contribution < 1.29 is 33.9 Å². The number of carbonyl (C=O) groups excluding carboxylic acids is 2. The zero-order valence-corrected chi connectivity index (χ0v) is 13.8. The molecule has 2 aromatic rings. The highest BCUT2D eigenvalue weighted by atomic mass is 17.5. The third kappa shape index (κ3) is 5.59. The second kappa shape index (κ2) is 9.41. The predicted octanol–water partition coefficient (Wildman–Crippen LogP) is 3.55. The van der Waals surface area contributed by atoms with Crippen molar-refractivity contribution in [3.63, 3.8) is 0 Å². The van der Waals surface area contributed by atoms with Gasteiger partial charge >= 0.3 is 12.1 Å². The molecule has 2 rings (SSSR count). The van der Waals surface area contributed by atoms with Crippen molar-refractivity contribution in [1.82, 2.24) is 0 Å². The minimum atomic E-state index is -1.14. The smallest absolute Gasteiger partial charge is 0.427 e. The van der Waals surface area contributed by atoms with Crippen LogP contribution in [0.15, 0.2) is 54.6 Å². The fraction of sp³-hybridized carbons (Fsp3) is 0.222. The van der Waals surface area contributed by atoms with E-state index in [0.717, 1.165) is 5.56 Å². The molecule has 132 valence electrons. The van der Waals surface area contributed by atoms with E-state index in [4.69, 9.17) is 9.47 Å². The van der Waals surface area contributed by atoms with Crippen LogP contribution in [0.1, 0.15) is 17.3 Å². The van der Waals surface area contributed by atoms with Gasteiger partial charge in [0.15, 0.2) is 0 Å². The Morgan fingerprint density at radius 1 is 0.960 bits per heavy atom.